The van der Waals surface area contributed by atoms with Gasteiger partial charge in [0.2, 0.25) is 5.91 Å². The number of carbonyl (C=O) groups excluding carboxylic acids is 2. The van der Waals surface area contributed by atoms with Gasteiger partial charge in [-0.15, -0.1) is 0 Å². The highest BCUT2D eigenvalue weighted by atomic mass is 35.5. The Kier molecular flexibility index (Phi) is 4.44. The van der Waals surface area contributed by atoms with E-state index < -0.39 is 6.04 Å². The fourth-order valence-corrected chi connectivity index (χ4v) is 2.28. The molecule has 0 aliphatic carbocycles. The summed E-state index contributed by atoms with van der Waals surface area (Å²) in [4.78, 5) is 27.5. The highest BCUT2D eigenvalue weighted by Gasteiger charge is 2.28. The van der Waals surface area contributed by atoms with Crippen LogP contribution >= 0.6 is 11.6 Å². The molecule has 0 radical (unpaired) electrons. The summed E-state index contributed by atoms with van der Waals surface area (Å²) in [5.41, 5.74) is 1.47. The van der Waals surface area contributed by atoms with Crippen molar-refractivity contribution in [1.82, 2.24) is 4.98 Å². The van der Waals surface area contributed by atoms with Gasteiger partial charge in [-0.05, 0) is 31.9 Å². The number of hydrogen-bond donors (Lipinski definition) is 2. The average Bonchev–Trinajstić information content (AvgIpc) is 2.38. The topological polar surface area (TPSA) is 80.3 Å². The lowest BCUT2D eigenvalue weighted by molar-refractivity contribution is -0.143. The van der Waals surface area contributed by atoms with Crippen LogP contribution in [0, 0.1) is 6.92 Å². The SMILES string of the molecule is CCOC(=O)CCC1Nc2nc(Cl)cc(C)c2NC1=O. The second kappa shape index (κ2) is 6.09. The third-order valence-corrected chi connectivity index (χ3v) is 3.20. The maximum Gasteiger partial charge on any atom is 0.305 e. The molecule has 2 N–H and O–H groups in total. The summed E-state index contributed by atoms with van der Waals surface area (Å²) in [5, 5.41) is 6.15. The van der Waals surface area contributed by atoms with Gasteiger partial charge in [0, 0.05) is 6.42 Å². The van der Waals surface area contributed by atoms with Gasteiger partial charge < -0.3 is 15.4 Å². The minimum Gasteiger partial charge on any atom is -0.466 e. The zero-order valence-corrected chi connectivity index (χ0v) is 12.1. The quantitative estimate of drug-likeness (QED) is 0.657. The first-order chi connectivity index (χ1) is 9.51. The number of ether oxygens (including phenoxy) is 1. The molecule has 1 amide bonds. The molecule has 0 saturated heterocycles. The molecule has 2 rings (SSSR count). The molecule has 2 heterocycles. The van der Waals surface area contributed by atoms with Crippen LogP contribution in [0.1, 0.15) is 25.3 Å². The van der Waals surface area contributed by atoms with Gasteiger partial charge in [0.15, 0.2) is 5.82 Å². The smallest absolute Gasteiger partial charge is 0.305 e. The largest absolute Gasteiger partial charge is 0.466 e. The highest BCUT2D eigenvalue weighted by molar-refractivity contribution is 6.29. The summed E-state index contributed by atoms with van der Waals surface area (Å²) in [5.74, 6) is 0.0283. The number of esters is 1. The van der Waals surface area contributed by atoms with Crippen molar-refractivity contribution >= 4 is 35.0 Å². The second-order valence-corrected chi connectivity index (χ2v) is 4.90. The Bertz CT molecular complexity index is 548. The molecular weight excluding hydrogens is 282 g/mol. The van der Waals surface area contributed by atoms with Gasteiger partial charge in [0.05, 0.1) is 12.3 Å². The van der Waals surface area contributed by atoms with E-state index in [0.717, 1.165) is 5.56 Å². The Labute approximate surface area is 121 Å². The van der Waals surface area contributed by atoms with E-state index in [1.807, 2.05) is 6.92 Å². The average molecular weight is 298 g/mol. The number of pyridine rings is 1. The molecule has 108 valence electrons. The highest BCUT2D eigenvalue weighted by Crippen LogP contribution is 2.31. The van der Waals surface area contributed by atoms with Crippen molar-refractivity contribution in [3.05, 3.63) is 16.8 Å². The Morgan fingerprint density at radius 1 is 1.55 bits per heavy atom. The Hall–Kier alpha value is -1.82. The summed E-state index contributed by atoms with van der Waals surface area (Å²) in [6.45, 7) is 3.92. The van der Waals surface area contributed by atoms with Gasteiger partial charge >= 0.3 is 5.97 Å². The lowest BCUT2D eigenvalue weighted by Gasteiger charge is -2.27. The molecule has 7 heteroatoms. The van der Waals surface area contributed by atoms with Gasteiger partial charge in [0.1, 0.15) is 11.2 Å². The molecule has 1 unspecified atom stereocenters. The molecule has 0 saturated carbocycles. The maximum atomic E-state index is 12.0. The third kappa shape index (κ3) is 3.19. The number of rotatable bonds is 4. The number of anilines is 2. The van der Waals surface area contributed by atoms with E-state index in [-0.39, 0.29) is 18.3 Å². The maximum absolute atomic E-state index is 12.0. The number of carbonyl (C=O) groups is 2. The fourth-order valence-electron chi connectivity index (χ4n) is 2.03. The van der Waals surface area contributed by atoms with E-state index in [1.165, 1.54) is 0 Å². The van der Waals surface area contributed by atoms with Gasteiger partial charge in [0.25, 0.3) is 0 Å². The number of hydrogen-bond acceptors (Lipinski definition) is 5. The second-order valence-electron chi connectivity index (χ2n) is 4.52. The van der Waals surface area contributed by atoms with E-state index in [2.05, 4.69) is 15.6 Å². The molecule has 0 aromatic carbocycles. The summed E-state index contributed by atoms with van der Waals surface area (Å²) in [6.07, 6.45) is 0.519. The lowest BCUT2D eigenvalue weighted by atomic mass is 10.1. The van der Waals surface area contributed by atoms with Gasteiger partial charge in [-0.3, -0.25) is 9.59 Å². The monoisotopic (exact) mass is 297 g/mol. The van der Waals surface area contributed by atoms with Crippen LogP contribution in [-0.4, -0.2) is 29.5 Å². The first-order valence-corrected chi connectivity index (χ1v) is 6.79. The van der Waals surface area contributed by atoms with Crippen LogP contribution in [0.15, 0.2) is 6.07 Å². The van der Waals surface area contributed by atoms with Crippen LogP contribution in [0.3, 0.4) is 0 Å². The Morgan fingerprint density at radius 2 is 2.30 bits per heavy atom. The van der Waals surface area contributed by atoms with Crippen molar-refractivity contribution in [1.29, 1.82) is 0 Å². The number of nitrogens with zero attached hydrogens (tertiary/aromatic N) is 1. The van der Waals surface area contributed by atoms with Gasteiger partial charge in [-0.2, -0.15) is 0 Å². The van der Waals surface area contributed by atoms with Crippen molar-refractivity contribution in [2.45, 2.75) is 32.7 Å². The van der Waals surface area contributed by atoms with Crippen molar-refractivity contribution < 1.29 is 14.3 Å². The molecule has 1 aromatic heterocycles. The predicted molar refractivity (Wildman–Crippen MR) is 75.9 cm³/mol. The van der Waals surface area contributed by atoms with Crippen molar-refractivity contribution in [2.75, 3.05) is 17.2 Å². The number of nitrogens with one attached hydrogen (secondary N) is 2. The van der Waals surface area contributed by atoms with Gasteiger partial charge in [-0.25, -0.2) is 4.98 Å². The molecule has 1 aliphatic rings. The minimum absolute atomic E-state index is 0.174. The molecular formula is C13H16ClN3O3. The summed E-state index contributed by atoms with van der Waals surface area (Å²) < 4.78 is 4.84. The fraction of sp³-hybridized carbons (Fsp3) is 0.462. The summed E-state index contributed by atoms with van der Waals surface area (Å²) >= 11 is 5.90. The van der Waals surface area contributed by atoms with E-state index in [4.69, 9.17) is 16.3 Å². The van der Waals surface area contributed by atoms with Crippen LogP contribution in [0.5, 0.6) is 0 Å². The number of aromatic nitrogens is 1. The van der Waals surface area contributed by atoms with Crippen molar-refractivity contribution in [2.24, 2.45) is 0 Å². The first kappa shape index (κ1) is 14.6. The molecule has 1 aliphatic heterocycles. The van der Waals surface area contributed by atoms with Crippen LogP contribution in [0.25, 0.3) is 0 Å². The van der Waals surface area contributed by atoms with Crippen molar-refractivity contribution in [3.8, 4) is 0 Å². The number of fused-ring (bicyclic) bond motifs is 1. The minimum atomic E-state index is -0.516. The number of aryl methyl sites for hydroxylation is 1. The Balaban J connectivity index is 2.07. The van der Waals surface area contributed by atoms with E-state index >= 15 is 0 Å². The third-order valence-electron chi connectivity index (χ3n) is 3.00. The molecule has 0 bridgehead atoms. The molecule has 1 aromatic rings. The van der Waals surface area contributed by atoms with Crippen LogP contribution in [-0.2, 0) is 14.3 Å². The molecule has 20 heavy (non-hydrogen) atoms. The van der Waals surface area contributed by atoms with E-state index in [0.29, 0.717) is 29.7 Å². The van der Waals surface area contributed by atoms with E-state index in [1.54, 1.807) is 13.0 Å². The molecule has 6 nitrogen and oxygen atoms in total. The zero-order chi connectivity index (χ0) is 14.7. The molecule has 1 atom stereocenters. The normalized spacial score (nSPS) is 16.9. The lowest BCUT2D eigenvalue weighted by Crippen LogP contribution is -2.40. The molecule has 0 spiro atoms. The van der Waals surface area contributed by atoms with Crippen LogP contribution in [0.4, 0.5) is 11.5 Å². The number of amides is 1. The molecule has 0 fully saturated rings. The van der Waals surface area contributed by atoms with E-state index in [9.17, 15) is 9.59 Å². The van der Waals surface area contributed by atoms with Crippen LogP contribution < -0.4 is 10.6 Å². The standard InChI is InChI=1S/C13H16ClN3O3/c1-3-20-10(18)5-4-8-13(19)17-11-7(2)6-9(14)16-12(11)15-8/h6,8H,3-5H2,1-2H3,(H,15,16)(H,17,19). The first-order valence-electron chi connectivity index (χ1n) is 6.41. The summed E-state index contributed by atoms with van der Waals surface area (Å²) in [6, 6.07) is 1.17. The van der Waals surface area contributed by atoms with Crippen LogP contribution in [0.2, 0.25) is 5.15 Å². The summed E-state index contributed by atoms with van der Waals surface area (Å²) in [7, 11) is 0. The van der Waals surface area contributed by atoms with Gasteiger partial charge in [-0.1, -0.05) is 11.6 Å². The Morgan fingerprint density at radius 3 is 3.00 bits per heavy atom. The predicted octanol–water partition coefficient (Wildman–Crippen LogP) is 2.12. The number of halogens is 1. The zero-order valence-electron chi connectivity index (χ0n) is 11.3. The van der Waals surface area contributed by atoms with Crippen molar-refractivity contribution in [3.63, 3.8) is 0 Å².